The minimum absolute atomic E-state index is 0.891. The van der Waals surface area contributed by atoms with E-state index in [0.29, 0.717) is 0 Å². The molecule has 1 aliphatic rings. The van der Waals surface area contributed by atoms with Crippen molar-refractivity contribution in [2.75, 3.05) is 0 Å². The Hall–Kier alpha value is -6.96. The van der Waals surface area contributed by atoms with Crippen LogP contribution in [-0.2, 0) is 0 Å². The number of hydrogen-bond acceptors (Lipinski definition) is 1. The van der Waals surface area contributed by atoms with Crippen LogP contribution in [0.5, 0.6) is 11.5 Å². The molecular formula is C52H32O. The van der Waals surface area contributed by atoms with E-state index < -0.39 is 0 Å². The van der Waals surface area contributed by atoms with Crippen LogP contribution in [0.25, 0.3) is 98.7 Å². The fraction of sp³-hybridized carbons (Fsp3) is 0. The number of ether oxygens (including phenoxy) is 1. The summed E-state index contributed by atoms with van der Waals surface area (Å²) >= 11 is 0. The highest BCUT2D eigenvalue weighted by Crippen LogP contribution is 2.50. The zero-order chi connectivity index (χ0) is 34.9. The molecule has 53 heavy (non-hydrogen) atoms. The molecule has 0 radical (unpaired) electrons. The van der Waals surface area contributed by atoms with Crippen LogP contribution in [0.1, 0.15) is 0 Å². The highest BCUT2D eigenvalue weighted by atomic mass is 16.5. The van der Waals surface area contributed by atoms with Gasteiger partial charge >= 0.3 is 0 Å². The molecule has 0 unspecified atom stereocenters. The van der Waals surface area contributed by atoms with E-state index >= 15 is 0 Å². The number of hydrogen-bond donors (Lipinski definition) is 0. The van der Waals surface area contributed by atoms with Crippen LogP contribution in [0.15, 0.2) is 194 Å². The molecule has 0 saturated heterocycles. The smallest absolute Gasteiger partial charge is 0.135 e. The van der Waals surface area contributed by atoms with Gasteiger partial charge in [-0.05, 0) is 130 Å². The lowest BCUT2D eigenvalue weighted by molar-refractivity contribution is 0.487. The highest BCUT2D eigenvalue weighted by Gasteiger charge is 2.23. The Morgan fingerprint density at radius 3 is 1.74 bits per heavy atom. The van der Waals surface area contributed by atoms with Gasteiger partial charge in [0.1, 0.15) is 11.5 Å². The SMILES string of the molecule is c1ccc(-c2cc(-c3ccc4c5c(cccc35)-c3ccc(-c5ccccc5)cc3O4)cc(-c3c4ccccc4cc4ccc5ccccc5c34)c2)cc1. The van der Waals surface area contributed by atoms with Gasteiger partial charge in [0, 0.05) is 10.9 Å². The molecule has 0 amide bonds. The second-order valence-electron chi connectivity index (χ2n) is 14.0. The molecule has 0 bridgehead atoms. The zero-order valence-corrected chi connectivity index (χ0v) is 28.9. The Balaban J connectivity index is 1.17. The minimum atomic E-state index is 0.891. The first-order chi connectivity index (χ1) is 26.3. The minimum Gasteiger partial charge on any atom is -0.456 e. The normalized spacial score (nSPS) is 11.9. The van der Waals surface area contributed by atoms with E-state index in [1.807, 2.05) is 0 Å². The fourth-order valence-electron chi connectivity index (χ4n) is 8.56. The Kier molecular flexibility index (Phi) is 6.62. The average Bonchev–Trinajstić information content (AvgIpc) is 3.23. The number of rotatable bonds is 4. The molecule has 1 aliphatic heterocycles. The lowest BCUT2D eigenvalue weighted by Crippen LogP contribution is -1.98. The predicted octanol–water partition coefficient (Wildman–Crippen LogP) is 14.7. The maximum Gasteiger partial charge on any atom is 0.135 e. The maximum absolute atomic E-state index is 6.73. The van der Waals surface area contributed by atoms with Crippen LogP contribution in [0.2, 0.25) is 0 Å². The van der Waals surface area contributed by atoms with Crippen molar-refractivity contribution >= 4 is 43.1 Å². The summed E-state index contributed by atoms with van der Waals surface area (Å²) in [6.07, 6.45) is 0. The van der Waals surface area contributed by atoms with E-state index in [1.54, 1.807) is 0 Å². The Labute approximate surface area is 308 Å². The topological polar surface area (TPSA) is 9.23 Å². The van der Waals surface area contributed by atoms with Crippen molar-refractivity contribution in [3.05, 3.63) is 194 Å². The first kappa shape index (κ1) is 29.7. The van der Waals surface area contributed by atoms with Crippen LogP contribution in [0.3, 0.4) is 0 Å². The standard InChI is InChI=1S/C52H32O/c1-3-12-33(13-4-1)36-24-25-45-47-21-11-20-46-42(26-27-48(52(46)47)53-49(45)32-36)40-29-39(34-14-5-2-6-15-34)30-41(31-40)51-44-19-10-8-17-37(44)28-38-23-22-35-16-7-9-18-43(35)50(38)51/h1-32H. The van der Waals surface area contributed by atoms with Crippen molar-refractivity contribution in [1.82, 2.24) is 0 Å². The first-order valence-corrected chi connectivity index (χ1v) is 18.2. The third kappa shape index (κ3) is 4.79. The molecule has 0 atom stereocenters. The summed E-state index contributed by atoms with van der Waals surface area (Å²) in [5, 5.41) is 9.88. The summed E-state index contributed by atoms with van der Waals surface area (Å²) in [5.41, 5.74) is 11.9. The van der Waals surface area contributed by atoms with E-state index in [-0.39, 0.29) is 0 Å². The van der Waals surface area contributed by atoms with E-state index in [1.165, 1.54) is 82.2 Å². The quantitative estimate of drug-likeness (QED) is 0.134. The lowest BCUT2D eigenvalue weighted by atomic mass is 9.85. The van der Waals surface area contributed by atoms with Crippen molar-refractivity contribution in [2.24, 2.45) is 0 Å². The second kappa shape index (κ2) is 11.8. The summed E-state index contributed by atoms with van der Waals surface area (Å²) in [6.45, 7) is 0. The Morgan fingerprint density at radius 2 is 0.906 bits per heavy atom. The Bertz CT molecular complexity index is 3070. The summed E-state index contributed by atoms with van der Waals surface area (Å²) < 4.78 is 6.73. The van der Waals surface area contributed by atoms with Gasteiger partial charge < -0.3 is 4.74 Å². The van der Waals surface area contributed by atoms with Gasteiger partial charge in [-0.1, -0.05) is 152 Å². The third-order valence-electron chi connectivity index (χ3n) is 11.0. The molecule has 0 spiro atoms. The summed E-state index contributed by atoms with van der Waals surface area (Å²) in [5.74, 6) is 1.78. The molecule has 246 valence electrons. The summed E-state index contributed by atoms with van der Waals surface area (Å²) in [4.78, 5) is 0. The van der Waals surface area contributed by atoms with Crippen molar-refractivity contribution < 1.29 is 4.74 Å². The second-order valence-corrected chi connectivity index (χ2v) is 14.0. The van der Waals surface area contributed by atoms with Gasteiger partial charge in [-0.2, -0.15) is 0 Å². The van der Waals surface area contributed by atoms with Crippen molar-refractivity contribution in [3.8, 4) is 67.1 Å². The molecule has 0 N–H and O–H groups in total. The summed E-state index contributed by atoms with van der Waals surface area (Å²) in [7, 11) is 0. The molecular weight excluding hydrogens is 641 g/mol. The first-order valence-electron chi connectivity index (χ1n) is 18.2. The molecule has 10 aromatic carbocycles. The van der Waals surface area contributed by atoms with Gasteiger partial charge in [0.25, 0.3) is 0 Å². The largest absolute Gasteiger partial charge is 0.456 e. The van der Waals surface area contributed by atoms with Crippen molar-refractivity contribution in [3.63, 3.8) is 0 Å². The molecule has 1 heteroatoms. The van der Waals surface area contributed by atoms with Crippen LogP contribution >= 0.6 is 0 Å². The van der Waals surface area contributed by atoms with E-state index in [0.717, 1.165) is 28.0 Å². The lowest BCUT2D eigenvalue weighted by Gasteiger charge is -2.23. The molecule has 1 heterocycles. The van der Waals surface area contributed by atoms with Crippen molar-refractivity contribution in [1.29, 1.82) is 0 Å². The van der Waals surface area contributed by atoms with Gasteiger partial charge in [-0.15, -0.1) is 0 Å². The maximum atomic E-state index is 6.73. The molecule has 0 aliphatic carbocycles. The molecule has 0 aromatic heterocycles. The van der Waals surface area contributed by atoms with Crippen LogP contribution in [-0.4, -0.2) is 0 Å². The molecule has 0 fully saturated rings. The molecule has 11 rings (SSSR count). The molecule has 10 aromatic rings. The third-order valence-corrected chi connectivity index (χ3v) is 11.0. The van der Waals surface area contributed by atoms with Gasteiger partial charge in [0.2, 0.25) is 0 Å². The Morgan fingerprint density at radius 1 is 0.264 bits per heavy atom. The van der Waals surface area contributed by atoms with Crippen LogP contribution in [0, 0.1) is 0 Å². The van der Waals surface area contributed by atoms with Gasteiger partial charge in [-0.3, -0.25) is 0 Å². The van der Waals surface area contributed by atoms with E-state index in [9.17, 15) is 0 Å². The van der Waals surface area contributed by atoms with E-state index in [4.69, 9.17) is 4.74 Å². The monoisotopic (exact) mass is 672 g/mol. The zero-order valence-electron chi connectivity index (χ0n) is 28.9. The molecule has 0 saturated carbocycles. The van der Waals surface area contributed by atoms with Gasteiger partial charge in [0.15, 0.2) is 0 Å². The van der Waals surface area contributed by atoms with Crippen LogP contribution < -0.4 is 4.74 Å². The van der Waals surface area contributed by atoms with E-state index in [2.05, 4.69) is 194 Å². The summed E-state index contributed by atoms with van der Waals surface area (Å²) in [6, 6.07) is 70.6. The van der Waals surface area contributed by atoms with Crippen molar-refractivity contribution in [2.45, 2.75) is 0 Å². The fourth-order valence-corrected chi connectivity index (χ4v) is 8.56. The average molecular weight is 673 g/mol. The molecule has 1 nitrogen and oxygen atoms in total. The number of fused-ring (bicyclic) bond motifs is 6. The van der Waals surface area contributed by atoms with Crippen LogP contribution in [0.4, 0.5) is 0 Å². The van der Waals surface area contributed by atoms with Gasteiger partial charge in [-0.25, -0.2) is 0 Å². The predicted molar refractivity (Wildman–Crippen MR) is 224 cm³/mol. The highest BCUT2D eigenvalue weighted by molar-refractivity contribution is 6.22. The number of benzene rings is 10. The van der Waals surface area contributed by atoms with Gasteiger partial charge in [0.05, 0.1) is 0 Å².